The molecular formula is C17H16ClN3. The van der Waals surface area contributed by atoms with Crippen molar-refractivity contribution in [3.05, 3.63) is 47.0 Å². The van der Waals surface area contributed by atoms with Gasteiger partial charge in [-0.05, 0) is 55.5 Å². The van der Waals surface area contributed by atoms with Crippen molar-refractivity contribution in [2.75, 3.05) is 5.43 Å². The monoisotopic (exact) mass is 297 g/mol. The van der Waals surface area contributed by atoms with Gasteiger partial charge in [0.15, 0.2) is 0 Å². The van der Waals surface area contributed by atoms with Gasteiger partial charge in [-0.15, -0.1) is 0 Å². The molecule has 0 amide bonds. The molecule has 2 atom stereocenters. The number of hydrazone groups is 1. The van der Waals surface area contributed by atoms with Gasteiger partial charge in [-0.2, -0.15) is 5.10 Å². The first-order valence-corrected chi connectivity index (χ1v) is 7.64. The predicted octanol–water partition coefficient (Wildman–Crippen LogP) is 4.56. The van der Waals surface area contributed by atoms with E-state index >= 15 is 0 Å². The number of nitrogens with one attached hydrogen (secondary N) is 1. The summed E-state index contributed by atoms with van der Waals surface area (Å²) in [6.07, 6.45) is 6.79. The van der Waals surface area contributed by atoms with Gasteiger partial charge >= 0.3 is 0 Å². The second kappa shape index (κ2) is 4.85. The van der Waals surface area contributed by atoms with E-state index in [-0.39, 0.29) is 0 Å². The van der Waals surface area contributed by atoms with Crippen molar-refractivity contribution in [1.29, 1.82) is 0 Å². The number of rotatable bonds is 2. The standard InChI is InChI=1S/C17H16ClN3/c1-10-7-17(19-15-6-5-12(18)9-14(10)15)21-20-16-8-11-3-2-4-13(11)16/h2-3,5-7,9,11,13H,4,8H2,1H3,(H,19,21)/b20-16+. The van der Waals surface area contributed by atoms with Crippen LogP contribution in [0.4, 0.5) is 5.82 Å². The number of hydrogen-bond acceptors (Lipinski definition) is 3. The van der Waals surface area contributed by atoms with Crippen molar-refractivity contribution in [3.63, 3.8) is 0 Å². The molecule has 4 rings (SSSR count). The highest BCUT2D eigenvalue weighted by Gasteiger charge is 2.37. The molecule has 2 unspecified atom stereocenters. The quantitative estimate of drug-likeness (QED) is 0.651. The normalized spacial score (nSPS) is 25.1. The Kier molecular flexibility index (Phi) is 2.96. The zero-order valence-corrected chi connectivity index (χ0v) is 12.6. The van der Waals surface area contributed by atoms with Crippen molar-refractivity contribution in [3.8, 4) is 0 Å². The third-order valence-electron chi connectivity index (χ3n) is 4.45. The number of nitrogens with zero attached hydrogens (tertiary/aromatic N) is 2. The van der Waals surface area contributed by atoms with Gasteiger partial charge in [0.25, 0.3) is 0 Å². The third-order valence-corrected chi connectivity index (χ3v) is 4.69. The fourth-order valence-electron chi connectivity index (χ4n) is 3.22. The largest absolute Gasteiger partial charge is 0.261 e. The van der Waals surface area contributed by atoms with Gasteiger partial charge in [-0.25, -0.2) is 4.98 Å². The van der Waals surface area contributed by atoms with E-state index in [1.165, 1.54) is 5.71 Å². The number of hydrogen-bond donors (Lipinski definition) is 1. The van der Waals surface area contributed by atoms with Crippen LogP contribution in [0.1, 0.15) is 18.4 Å². The number of allylic oxidation sites excluding steroid dienone is 2. The molecule has 3 nitrogen and oxygen atoms in total. The van der Waals surface area contributed by atoms with Crippen molar-refractivity contribution in [2.24, 2.45) is 16.9 Å². The van der Waals surface area contributed by atoms with E-state index in [9.17, 15) is 0 Å². The Bertz CT molecular complexity index is 779. The number of benzene rings is 1. The average Bonchev–Trinajstić information content (AvgIpc) is 2.81. The zero-order chi connectivity index (χ0) is 14.4. The molecule has 21 heavy (non-hydrogen) atoms. The molecule has 0 bridgehead atoms. The second-order valence-electron chi connectivity index (χ2n) is 5.84. The summed E-state index contributed by atoms with van der Waals surface area (Å²) in [5.41, 5.74) is 6.48. The molecule has 0 saturated heterocycles. The number of anilines is 1. The van der Waals surface area contributed by atoms with E-state index in [1.54, 1.807) is 0 Å². The lowest BCUT2D eigenvalue weighted by molar-refractivity contribution is 0.466. The fourth-order valence-corrected chi connectivity index (χ4v) is 3.39. The molecule has 2 aliphatic rings. The first kappa shape index (κ1) is 12.8. The maximum atomic E-state index is 6.04. The van der Waals surface area contributed by atoms with Gasteiger partial charge in [-0.1, -0.05) is 23.8 Å². The molecule has 2 aromatic rings. The molecule has 1 heterocycles. The molecule has 0 aliphatic heterocycles. The molecule has 4 heteroatoms. The summed E-state index contributed by atoms with van der Waals surface area (Å²) in [5, 5.41) is 6.37. The van der Waals surface area contributed by atoms with Gasteiger partial charge in [0.1, 0.15) is 5.82 Å². The van der Waals surface area contributed by atoms with Crippen LogP contribution in [0.3, 0.4) is 0 Å². The summed E-state index contributed by atoms with van der Waals surface area (Å²) in [5.74, 6) is 2.14. The Morgan fingerprint density at radius 2 is 2.24 bits per heavy atom. The highest BCUT2D eigenvalue weighted by atomic mass is 35.5. The Hall–Kier alpha value is -1.87. The molecule has 1 N–H and O–H groups in total. The second-order valence-corrected chi connectivity index (χ2v) is 6.28. The minimum absolute atomic E-state index is 0.623. The Morgan fingerprint density at radius 3 is 3.10 bits per heavy atom. The van der Waals surface area contributed by atoms with Crippen molar-refractivity contribution in [2.45, 2.75) is 19.8 Å². The minimum Gasteiger partial charge on any atom is -0.261 e. The van der Waals surface area contributed by atoms with Crippen molar-refractivity contribution < 1.29 is 0 Å². The van der Waals surface area contributed by atoms with E-state index in [4.69, 9.17) is 11.6 Å². The number of aryl methyl sites for hydroxylation is 1. The predicted molar refractivity (Wildman–Crippen MR) is 87.9 cm³/mol. The van der Waals surface area contributed by atoms with Crippen molar-refractivity contribution >= 4 is 34.0 Å². The van der Waals surface area contributed by atoms with Gasteiger partial charge in [0.2, 0.25) is 0 Å². The Morgan fingerprint density at radius 1 is 1.33 bits per heavy atom. The lowest BCUT2D eigenvalue weighted by Crippen LogP contribution is -2.33. The van der Waals surface area contributed by atoms with Crippen LogP contribution in [0.5, 0.6) is 0 Å². The van der Waals surface area contributed by atoms with Gasteiger partial charge in [0.05, 0.1) is 5.52 Å². The van der Waals surface area contributed by atoms with Gasteiger partial charge in [-0.3, -0.25) is 5.43 Å². The topological polar surface area (TPSA) is 37.3 Å². The van der Waals surface area contributed by atoms with Crippen LogP contribution < -0.4 is 5.43 Å². The molecule has 1 aromatic heterocycles. The van der Waals surface area contributed by atoms with E-state index in [2.05, 4.69) is 34.6 Å². The van der Waals surface area contributed by atoms with Crippen LogP contribution in [0.25, 0.3) is 10.9 Å². The zero-order valence-electron chi connectivity index (χ0n) is 11.8. The molecule has 106 valence electrons. The van der Waals surface area contributed by atoms with E-state index < -0.39 is 0 Å². The summed E-state index contributed by atoms with van der Waals surface area (Å²) in [6, 6.07) is 7.79. The maximum Gasteiger partial charge on any atom is 0.147 e. The Labute approximate surface area is 128 Å². The van der Waals surface area contributed by atoms with Crippen LogP contribution in [0.15, 0.2) is 41.5 Å². The summed E-state index contributed by atoms with van der Waals surface area (Å²) >= 11 is 6.04. The highest BCUT2D eigenvalue weighted by molar-refractivity contribution is 6.31. The number of fused-ring (bicyclic) bond motifs is 2. The molecule has 1 saturated carbocycles. The first-order chi connectivity index (χ1) is 10.2. The summed E-state index contributed by atoms with van der Waals surface area (Å²) in [4.78, 5) is 4.60. The molecule has 2 aliphatic carbocycles. The van der Waals surface area contributed by atoms with Crippen LogP contribution in [0.2, 0.25) is 5.02 Å². The molecule has 0 spiro atoms. The van der Waals surface area contributed by atoms with Crippen LogP contribution >= 0.6 is 11.6 Å². The van der Waals surface area contributed by atoms with Crippen LogP contribution in [-0.4, -0.2) is 10.7 Å². The molecule has 0 radical (unpaired) electrons. The van der Waals surface area contributed by atoms with Gasteiger partial charge in [0, 0.05) is 22.0 Å². The molecule has 1 aromatic carbocycles. The van der Waals surface area contributed by atoms with Gasteiger partial charge < -0.3 is 0 Å². The molecule has 1 fully saturated rings. The smallest absolute Gasteiger partial charge is 0.147 e. The lowest BCUT2D eigenvalue weighted by atomic mass is 9.74. The minimum atomic E-state index is 0.623. The van der Waals surface area contributed by atoms with Crippen LogP contribution in [-0.2, 0) is 0 Å². The van der Waals surface area contributed by atoms with E-state index in [0.717, 1.165) is 46.1 Å². The SMILES string of the molecule is Cc1cc(N/N=C2\CC3C=CCC23)nc2ccc(Cl)cc12. The average molecular weight is 298 g/mol. The Balaban J connectivity index is 1.60. The summed E-state index contributed by atoms with van der Waals surface area (Å²) in [7, 11) is 0. The number of halogens is 1. The van der Waals surface area contributed by atoms with Crippen molar-refractivity contribution in [1.82, 2.24) is 4.98 Å². The summed E-state index contributed by atoms with van der Waals surface area (Å²) < 4.78 is 0. The highest BCUT2D eigenvalue weighted by Crippen LogP contribution is 2.40. The van der Waals surface area contributed by atoms with Crippen LogP contribution in [0, 0.1) is 18.8 Å². The van der Waals surface area contributed by atoms with E-state index in [0.29, 0.717) is 5.92 Å². The van der Waals surface area contributed by atoms with E-state index in [1.807, 2.05) is 24.3 Å². The maximum absolute atomic E-state index is 6.04. The third kappa shape index (κ3) is 2.22. The lowest BCUT2D eigenvalue weighted by Gasteiger charge is -2.31. The molecular weight excluding hydrogens is 282 g/mol. The summed E-state index contributed by atoms with van der Waals surface area (Å²) in [6.45, 7) is 2.07. The fraction of sp³-hybridized carbons (Fsp3) is 0.294. The number of pyridine rings is 1. The number of aromatic nitrogens is 1. The first-order valence-electron chi connectivity index (χ1n) is 7.27.